The lowest BCUT2D eigenvalue weighted by molar-refractivity contribution is 0.727. The summed E-state index contributed by atoms with van der Waals surface area (Å²) in [7, 11) is 0. The first-order chi connectivity index (χ1) is 7.09. The van der Waals surface area contributed by atoms with Gasteiger partial charge in [-0.05, 0) is 37.7 Å². The molecule has 1 rings (SSSR count). The van der Waals surface area contributed by atoms with Crippen LogP contribution >= 0.6 is 0 Å². The van der Waals surface area contributed by atoms with Gasteiger partial charge in [-0.2, -0.15) is 0 Å². The molecule has 0 aromatic rings. The van der Waals surface area contributed by atoms with E-state index in [1.807, 2.05) is 0 Å². The Morgan fingerprint density at radius 2 is 1.80 bits per heavy atom. The van der Waals surface area contributed by atoms with Crippen molar-refractivity contribution in [3.63, 3.8) is 0 Å². The second kappa shape index (κ2) is 5.69. The Morgan fingerprint density at radius 1 is 1.13 bits per heavy atom. The number of rotatable bonds is 1. The summed E-state index contributed by atoms with van der Waals surface area (Å²) < 4.78 is 0. The lowest BCUT2D eigenvalue weighted by Crippen LogP contribution is -2.05. The van der Waals surface area contributed by atoms with E-state index in [9.17, 15) is 0 Å². The number of allylic oxidation sites excluding steroid dienone is 4. The first-order valence-electron chi connectivity index (χ1n) is 5.72. The van der Waals surface area contributed by atoms with Crippen LogP contribution in [0.3, 0.4) is 0 Å². The van der Waals surface area contributed by atoms with Gasteiger partial charge < -0.3 is 0 Å². The number of nitrogens with zero attached hydrogens (tertiary/aromatic N) is 1. The molecular formula is C14H21N. The summed E-state index contributed by atoms with van der Waals surface area (Å²) in [6.07, 6.45) is 8.64. The Morgan fingerprint density at radius 3 is 2.47 bits per heavy atom. The van der Waals surface area contributed by atoms with Gasteiger partial charge in [0.25, 0.3) is 0 Å². The number of hydrogen-bond acceptors (Lipinski definition) is 1. The first-order valence-corrected chi connectivity index (χ1v) is 5.72. The van der Waals surface area contributed by atoms with Gasteiger partial charge in [-0.15, -0.1) is 0 Å². The van der Waals surface area contributed by atoms with E-state index in [0.29, 0.717) is 5.92 Å². The molecule has 1 heteroatoms. The Labute approximate surface area is 93.3 Å². The van der Waals surface area contributed by atoms with Crippen molar-refractivity contribution < 1.29 is 0 Å². The van der Waals surface area contributed by atoms with Crippen LogP contribution < -0.4 is 0 Å². The van der Waals surface area contributed by atoms with Crippen LogP contribution in [0, 0.1) is 5.92 Å². The highest BCUT2D eigenvalue weighted by Crippen LogP contribution is 2.16. The summed E-state index contributed by atoms with van der Waals surface area (Å²) in [5, 5.41) is 0. The van der Waals surface area contributed by atoms with E-state index >= 15 is 0 Å². The smallest absolute Gasteiger partial charge is 0.0432 e. The molecule has 0 saturated carbocycles. The summed E-state index contributed by atoms with van der Waals surface area (Å²) in [6.45, 7) is 12.3. The maximum atomic E-state index is 4.57. The molecule has 0 N–H and O–H groups in total. The molecule has 0 bridgehead atoms. The molecular weight excluding hydrogens is 182 g/mol. The van der Waals surface area contributed by atoms with Crippen molar-refractivity contribution >= 4 is 5.71 Å². The normalized spacial score (nSPS) is 24.9. The van der Waals surface area contributed by atoms with Crippen LogP contribution in [0.15, 0.2) is 41.6 Å². The van der Waals surface area contributed by atoms with Gasteiger partial charge >= 0.3 is 0 Å². The Bertz CT molecular complexity index is 305. The molecule has 0 fully saturated rings. The average molecular weight is 203 g/mol. The number of aliphatic imine (C=N–C) groups is 1. The molecule has 0 aromatic heterocycles. The minimum atomic E-state index is 0.449. The molecule has 1 aliphatic heterocycles. The summed E-state index contributed by atoms with van der Waals surface area (Å²) in [5.41, 5.74) is 3.33. The highest BCUT2D eigenvalue weighted by molar-refractivity contribution is 5.97. The van der Waals surface area contributed by atoms with Gasteiger partial charge in [0.1, 0.15) is 0 Å². The Kier molecular flexibility index (Phi) is 4.54. The second-order valence-corrected chi connectivity index (χ2v) is 4.46. The van der Waals surface area contributed by atoms with Crippen molar-refractivity contribution in [3.8, 4) is 0 Å². The van der Waals surface area contributed by atoms with E-state index in [2.05, 4.69) is 44.1 Å². The van der Waals surface area contributed by atoms with Gasteiger partial charge in [-0.25, -0.2) is 0 Å². The fourth-order valence-corrected chi connectivity index (χ4v) is 1.56. The highest BCUT2D eigenvalue weighted by atomic mass is 14.8. The van der Waals surface area contributed by atoms with Gasteiger partial charge in [0.15, 0.2) is 0 Å². The van der Waals surface area contributed by atoms with Crippen LogP contribution in [0.25, 0.3) is 0 Å². The first kappa shape index (κ1) is 12.0. The molecule has 0 aromatic carbocycles. The minimum absolute atomic E-state index is 0.449. The van der Waals surface area contributed by atoms with Gasteiger partial charge in [0.2, 0.25) is 0 Å². The monoisotopic (exact) mass is 203 g/mol. The third-order valence-corrected chi connectivity index (χ3v) is 2.58. The topological polar surface area (TPSA) is 12.4 Å². The highest BCUT2D eigenvalue weighted by Gasteiger charge is 2.04. The van der Waals surface area contributed by atoms with Crippen molar-refractivity contribution in [3.05, 3.63) is 36.6 Å². The van der Waals surface area contributed by atoms with Crippen LogP contribution in [-0.4, -0.2) is 5.71 Å². The van der Waals surface area contributed by atoms with E-state index in [0.717, 1.165) is 24.3 Å². The summed E-state index contributed by atoms with van der Waals surface area (Å²) in [4.78, 5) is 4.57. The van der Waals surface area contributed by atoms with Gasteiger partial charge in [0.05, 0.1) is 0 Å². The predicted octanol–water partition coefficient (Wildman–Crippen LogP) is 4.28. The molecule has 0 amide bonds. The molecule has 0 unspecified atom stereocenters. The molecule has 0 atom stereocenters. The molecule has 0 radical (unpaired) electrons. The predicted molar refractivity (Wildman–Crippen MR) is 68.2 cm³/mol. The van der Waals surface area contributed by atoms with Crippen molar-refractivity contribution in [1.29, 1.82) is 0 Å². The molecule has 1 heterocycles. The van der Waals surface area contributed by atoms with Crippen molar-refractivity contribution in [2.45, 2.75) is 39.5 Å². The van der Waals surface area contributed by atoms with Crippen LogP contribution in [0.1, 0.15) is 39.5 Å². The minimum Gasteiger partial charge on any atom is -0.258 e. The average Bonchev–Trinajstić information content (AvgIpc) is 2.18. The Hall–Kier alpha value is -1.11. The quantitative estimate of drug-likeness (QED) is 0.603. The van der Waals surface area contributed by atoms with Gasteiger partial charge in [-0.3, -0.25) is 4.99 Å². The zero-order valence-corrected chi connectivity index (χ0v) is 9.92. The van der Waals surface area contributed by atoms with E-state index in [1.54, 1.807) is 0 Å². The molecule has 0 aliphatic carbocycles. The van der Waals surface area contributed by atoms with Crippen LogP contribution in [0.5, 0.6) is 0 Å². The summed E-state index contributed by atoms with van der Waals surface area (Å²) in [6, 6.07) is 0. The van der Waals surface area contributed by atoms with E-state index in [4.69, 9.17) is 0 Å². The van der Waals surface area contributed by atoms with Gasteiger partial charge in [0, 0.05) is 11.4 Å². The molecule has 0 spiro atoms. The lowest BCUT2D eigenvalue weighted by atomic mass is 10.0. The number of hydrogen-bond donors (Lipinski definition) is 0. The molecule has 82 valence electrons. The molecule has 1 nitrogen and oxygen atoms in total. The third-order valence-electron chi connectivity index (χ3n) is 2.58. The third kappa shape index (κ3) is 4.28. The van der Waals surface area contributed by atoms with Gasteiger partial charge in [-0.1, -0.05) is 38.7 Å². The maximum absolute atomic E-state index is 4.57. The lowest BCUT2D eigenvalue weighted by Gasteiger charge is -2.10. The second-order valence-electron chi connectivity index (χ2n) is 4.46. The van der Waals surface area contributed by atoms with E-state index in [1.165, 1.54) is 18.4 Å². The largest absolute Gasteiger partial charge is 0.258 e. The molecule has 0 saturated heterocycles. The fourth-order valence-electron chi connectivity index (χ4n) is 1.56. The summed E-state index contributed by atoms with van der Waals surface area (Å²) >= 11 is 0. The van der Waals surface area contributed by atoms with Crippen molar-refractivity contribution in [2.75, 3.05) is 0 Å². The molecule has 1 aliphatic rings. The zero-order chi connectivity index (χ0) is 11.3. The zero-order valence-electron chi connectivity index (χ0n) is 9.92. The van der Waals surface area contributed by atoms with Crippen LogP contribution in [-0.2, 0) is 0 Å². The van der Waals surface area contributed by atoms with Crippen molar-refractivity contribution in [2.24, 2.45) is 10.9 Å². The SMILES string of the molecule is C=C1/C=C\C(C(C)C)=N/C(=C)CCCC1. The fraction of sp³-hybridized carbons (Fsp3) is 0.500. The standard InChI is InChI=1S/C14H21N/c1-11(2)14-10-9-12(3)7-5-6-8-13(4)15-14/h9-11H,3-8H2,1-2H3/b10-9-,15-14+. The van der Waals surface area contributed by atoms with E-state index in [-0.39, 0.29) is 0 Å². The maximum Gasteiger partial charge on any atom is 0.0432 e. The van der Waals surface area contributed by atoms with Crippen LogP contribution in [0.4, 0.5) is 0 Å². The van der Waals surface area contributed by atoms with Crippen molar-refractivity contribution in [1.82, 2.24) is 0 Å². The van der Waals surface area contributed by atoms with E-state index < -0.39 is 0 Å². The summed E-state index contributed by atoms with van der Waals surface area (Å²) in [5.74, 6) is 0.449. The Balaban J connectivity index is 2.87. The van der Waals surface area contributed by atoms with Crippen LogP contribution in [0.2, 0.25) is 0 Å². The molecule has 15 heavy (non-hydrogen) atoms.